The van der Waals surface area contributed by atoms with Gasteiger partial charge in [-0.1, -0.05) is 19.1 Å². The molecule has 1 aromatic rings. The molecule has 1 amide bonds. The Morgan fingerprint density at radius 1 is 1.44 bits per heavy atom. The molecule has 0 fully saturated rings. The molecule has 3 N–H and O–H groups in total. The molecule has 0 saturated carbocycles. The Labute approximate surface area is 101 Å². The van der Waals surface area contributed by atoms with Crippen LogP contribution in [-0.2, 0) is 4.79 Å². The third kappa shape index (κ3) is 3.54. The molecule has 1 rings (SSSR count). The molecule has 0 unspecified atom stereocenters. The second-order valence-electron chi connectivity index (χ2n) is 4.10. The Hall–Kier alpha value is -1.00. The van der Waals surface area contributed by atoms with E-state index in [2.05, 4.69) is 12.2 Å². The lowest BCUT2D eigenvalue weighted by molar-refractivity contribution is -0.120. The molecule has 0 aromatic heterocycles. The minimum absolute atomic E-state index is 0.170. The van der Waals surface area contributed by atoms with Crippen molar-refractivity contribution in [3.05, 3.63) is 24.3 Å². The van der Waals surface area contributed by atoms with Gasteiger partial charge in [-0.15, -0.1) is 11.8 Å². The van der Waals surface area contributed by atoms with Crippen LogP contribution in [0.1, 0.15) is 20.8 Å². The first-order valence-corrected chi connectivity index (χ1v) is 6.26. The van der Waals surface area contributed by atoms with Crippen molar-refractivity contribution in [1.82, 2.24) is 0 Å². The molecule has 16 heavy (non-hydrogen) atoms. The number of nitrogens with one attached hydrogen (secondary N) is 1. The van der Waals surface area contributed by atoms with Crippen LogP contribution < -0.4 is 11.1 Å². The second-order valence-corrected chi connectivity index (χ2v) is 5.41. The van der Waals surface area contributed by atoms with Gasteiger partial charge in [0.2, 0.25) is 5.91 Å². The van der Waals surface area contributed by atoms with Gasteiger partial charge in [0.05, 0.1) is 11.2 Å². The Morgan fingerprint density at radius 3 is 2.62 bits per heavy atom. The fraction of sp³-hybridized carbons (Fsp3) is 0.417. The average Bonchev–Trinajstić information content (AvgIpc) is 2.20. The largest absolute Gasteiger partial charge is 0.323 e. The number of thioether (sulfide) groups is 1. The van der Waals surface area contributed by atoms with Gasteiger partial charge in [0.1, 0.15) is 0 Å². The molecule has 0 radical (unpaired) electrons. The monoisotopic (exact) mass is 238 g/mol. The molecule has 4 heteroatoms. The Bertz CT molecular complexity index is 372. The van der Waals surface area contributed by atoms with E-state index in [4.69, 9.17) is 5.73 Å². The van der Waals surface area contributed by atoms with E-state index >= 15 is 0 Å². The summed E-state index contributed by atoms with van der Waals surface area (Å²) in [7, 11) is 0. The number of anilines is 1. The van der Waals surface area contributed by atoms with Gasteiger partial charge in [-0.25, -0.2) is 0 Å². The number of hydrogen-bond acceptors (Lipinski definition) is 3. The Morgan fingerprint density at radius 2 is 2.06 bits per heavy atom. The van der Waals surface area contributed by atoms with E-state index in [1.54, 1.807) is 25.6 Å². The predicted octanol–water partition coefficient (Wildman–Crippen LogP) is 2.47. The van der Waals surface area contributed by atoms with Gasteiger partial charge in [-0.3, -0.25) is 4.79 Å². The molecule has 0 bridgehead atoms. The van der Waals surface area contributed by atoms with Crippen LogP contribution in [0.2, 0.25) is 0 Å². The summed E-state index contributed by atoms with van der Waals surface area (Å²) in [6.07, 6.45) is 0. The van der Waals surface area contributed by atoms with Gasteiger partial charge in [-0.05, 0) is 31.7 Å². The van der Waals surface area contributed by atoms with Crippen molar-refractivity contribution in [2.75, 3.05) is 11.1 Å². The molecular weight excluding hydrogens is 220 g/mol. The van der Waals surface area contributed by atoms with E-state index in [1.165, 1.54) is 0 Å². The molecule has 0 spiro atoms. The number of amides is 1. The minimum atomic E-state index is -0.857. The summed E-state index contributed by atoms with van der Waals surface area (Å²) >= 11 is 1.70. The van der Waals surface area contributed by atoms with Crippen LogP contribution in [0.3, 0.4) is 0 Å². The third-order valence-corrected chi connectivity index (χ3v) is 2.98. The van der Waals surface area contributed by atoms with Crippen molar-refractivity contribution >= 4 is 23.4 Å². The van der Waals surface area contributed by atoms with Crippen LogP contribution in [0, 0.1) is 0 Å². The van der Waals surface area contributed by atoms with Crippen molar-refractivity contribution in [1.29, 1.82) is 0 Å². The van der Waals surface area contributed by atoms with Gasteiger partial charge in [-0.2, -0.15) is 0 Å². The van der Waals surface area contributed by atoms with Gasteiger partial charge >= 0.3 is 0 Å². The van der Waals surface area contributed by atoms with Crippen LogP contribution in [0.5, 0.6) is 0 Å². The number of nitrogens with two attached hydrogens (primary N) is 1. The van der Waals surface area contributed by atoms with E-state index in [1.807, 2.05) is 24.3 Å². The molecule has 0 saturated heterocycles. The van der Waals surface area contributed by atoms with Crippen molar-refractivity contribution in [3.8, 4) is 0 Å². The SMILES string of the molecule is CCSc1ccccc1NC(=O)C(C)(C)N. The summed E-state index contributed by atoms with van der Waals surface area (Å²) in [5.74, 6) is 0.801. The first-order valence-electron chi connectivity index (χ1n) is 5.27. The zero-order valence-corrected chi connectivity index (χ0v) is 10.7. The van der Waals surface area contributed by atoms with Crippen LogP contribution in [0.25, 0.3) is 0 Å². The highest BCUT2D eigenvalue weighted by Gasteiger charge is 2.22. The molecular formula is C12H18N2OS. The summed E-state index contributed by atoms with van der Waals surface area (Å²) in [6.45, 7) is 5.46. The summed E-state index contributed by atoms with van der Waals surface area (Å²) in [5.41, 5.74) is 5.71. The highest BCUT2D eigenvalue weighted by molar-refractivity contribution is 7.99. The summed E-state index contributed by atoms with van der Waals surface area (Å²) < 4.78 is 0. The molecule has 0 aliphatic rings. The maximum Gasteiger partial charge on any atom is 0.243 e. The predicted molar refractivity (Wildman–Crippen MR) is 69.7 cm³/mol. The van der Waals surface area contributed by atoms with E-state index in [0.29, 0.717) is 0 Å². The fourth-order valence-corrected chi connectivity index (χ4v) is 1.90. The number of benzene rings is 1. The number of carbonyl (C=O) groups excluding carboxylic acids is 1. The van der Waals surface area contributed by atoms with Crippen molar-refractivity contribution < 1.29 is 4.79 Å². The average molecular weight is 238 g/mol. The van der Waals surface area contributed by atoms with Crippen molar-refractivity contribution in [2.24, 2.45) is 5.73 Å². The Kier molecular flexibility index (Phi) is 4.38. The topological polar surface area (TPSA) is 55.1 Å². The maximum atomic E-state index is 11.7. The molecule has 88 valence electrons. The number of carbonyl (C=O) groups is 1. The minimum Gasteiger partial charge on any atom is -0.323 e. The van der Waals surface area contributed by atoms with Gasteiger partial charge in [0.25, 0.3) is 0 Å². The van der Waals surface area contributed by atoms with Crippen LogP contribution >= 0.6 is 11.8 Å². The number of para-hydroxylation sites is 1. The summed E-state index contributed by atoms with van der Waals surface area (Å²) in [5, 5.41) is 2.85. The molecule has 3 nitrogen and oxygen atoms in total. The normalized spacial score (nSPS) is 11.2. The molecule has 0 atom stereocenters. The molecule has 1 aromatic carbocycles. The van der Waals surface area contributed by atoms with Crippen LogP contribution in [0.4, 0.5) is 5.69 Å². The van der Waals surface area contributed by atoms with Crippen LogP contribution in [0.15, 0.2) is 29.2 Å². The lowest BCUT2D eigenvalue weighted by atomic mass is 10.1. The van der Waals surface area contributed by atoms with Crippen molar-refractivity contribution in [2.45, 2.75) is 31.2 Å². The first-order chi connectivity index (χ1) is 7.45. The highest BCUT2D eigenvalue weighted by atomic mass is 32.2. The van der Waals surface area contributed by atoms with Crippen LogP contribution in [-0.4, -0.2) is 17.2 Å². The van der Waals surface area contributed by atoms with E-state index in [0.717, 1.165) is 16.3 Å². The first kappa shape index (κ1) is 13.1. The van der Waals surface area contributed by atoms with Gasteiger partial charge < -0.3 is 11.1 Å². The molecule has 0 heterocycles. The second kappa shape index (κ2) is 5.37. The van der Waals surface area contributed by atoms with Crippen molar-refractivity contribution in [3.63, 3.8) is 0 Å². The zero-order chi connectivity index (χ0) is 12.2. The van der Waals surface area contributed by atoms with E-state index in [-0.39, 0.29) is 5.91 Å². The highest BCUT2D eigenvalue weighted by Crippen LogP contribution is 2.26. The molecule has 0 aliphatic carbocycles. The fourth-order valence-electron chi connectivity index (χ4n) is 1.13. The lowest BCUT2D eigenvalue weighted by Crippen LogP contribution is -2.45. The Balaban J connectivity index is 2.84. The number of rotatable bonds is 4. The summed E-state index contributed by atoms with van der Waals surface area (Å²) in [6, 6.07) is 7.75. The van der Waals surface area contributed by atoms with E-state index in [9.17, 15) is 4.79 Å². The lowest BCUT2D eigenvalue weighted by Gasteiger charge is -2.19. The number of hydrogen-bond donors (Lipinski definition) is 2. The standard InChI is InChI=1S/C12H18N2OS/c1-4-16-10-8-6-5-7-9(10)14-11(15)12(2,3)13/h5-8H,4,13H2,1-3H3,(H,14,15). The van der Waals surface area contributed by atoms with Gasteiger partial charge in [0.15, 0.2) is 0 Å². The smallest absolute Gasteiger partial charge is 0.243 e. The maximum absolute atomic E-state index is 11.7. The zero-order valence-electron chi connectivity index (χ0n) is 9.91. The quantitative estimate of drug-likeness (QED) is 0.792. The third-order valence-electron chi connectivity index (χ3n) is 2.02. The molecule has 0 aliphatic heterocycles. The van der Waals surface area contributed by atoms with E-state index < -0.39 is 5.54 Å². The summed E-state index contributed by atoms with van der Waals surface area (Å²) in [4.78, 5) is 12.8. The van der Waals surface area contributed by atoms with Gasteiger partial charge in [0, 0.05) is 4.90 Å².